The lowest BCUT2D eigenvalue weighted by Crippen LogP contribution is -2.30. The lowest BCUT2D eigenvalue weighted by Gasteiger charge is -2.14. The average Bonchev–Trinajstić information content (AvgIpc) is 3.15. The van der Waals surface area contributed by atoms with E-state index in [0.29, 0.717) is 33.8 Å². The van der Waals surface area contributed by atoms with E-state index in [4.69, 9.17) is 9.47 Å². The fourth-order valence-electron chi connectivity index (χ4n) is 3.69. The maximum atomic E-state index is 14.0. The summed E-state index contributed by atoms with van der Waals surface area (Å²) in [5, 5.41) is 5.30. The van der Waals surface area contributed by atoms with Crippen molar-refractivity contribution in [3.8, 4) is 11.5 Å². The number of anilines is 1. The zero-order valence-corrected chi connectivity index (χ0v) is 22.3. The van der Waals surface area contributed by atoms with Crippen molar-refractivity contribution >= 4 is 45.5 Å². The number of hydrogen-bond acceptors (Lipinski definition) is 5. The predicted molar refractivity (Wildman–Crippen MR) is 144 cm³/mol. The minimum atomic E-state index is -0.648. The van der Waals surface area contributed by atoms with Crippen molar-refractivity contribution in [1.82, 2.24) is 10.2 Å². The van der Waals surface area contributed by atoms with Crippen molar-refractivity contribution in [1.29, 1.82) is 0 Å². The van der Waals surface area contributed by atoms with Gasteiger partial charge in [0.1, 0.15) is 11.5 Å². The third-order valence-electron chi connectivity index (χ3n) is 5.61. The smallest absolute Gasteiger partial charge is 0.329 e. The third kappa shape index (κ3) is 6.38. The second-order valence-electron chi connectivity index (χ2n) is 8.43. The average molecular weight is 582 g/mol. The van der Waals surface area contributed by atoms with Gasteiger partial charge in [-0.1, -0.05) is 51.8 Å². The summed E-state index contributed by atoms with van der Waals surface area (Å²) in [7, 11) is 0. The summed E-state index contributed by atoms with van der Waals surface area (Å²) in [5.41, 5.74) is 2.52. The van der Waals surface area contributed by atoms with Gasteiger partial charge in [-0.15, -0.1) is 0 Å². The molecule has 4 amide bonds. The summed E-state index contributed by atoms with van der Waals surface area (Å²) in [6, 6.07) is 16.0. The van der Waals surface area contributed by atoms with Crippen LogP contribution in [0.5, 0.6) is 11.5 Å². The van der Waals surface area contributed by atoms with E-state index in [2.05, 4.69) is 26.6 Å². The zero-order chi connectivity index (χ0) is 27.2. The van der Waals surface area contributed by atoms with Crippen LogP contribution in [0, 0.1) is 12.7 Å². The molecule has 3 aromatic rings. The van der Waals surface area contributed by atoms with Gasteiger partial charge in [0.25, 0.3) is 11.8 Å². The number of nitrogens with one attached hydrogen (secondary N) is 2. The zero-order valence-electron chi connectivity index (χ0n) is 20.7. The number of amides is 4. The first-order chi connectivity index (χ1) is 18.2. The standard InChI is InChI=1S/C28H25BrFN3O5/c1-3-37-24-13-19(12-23-27(35)33(28(36)32-23)15-18-6-4-5-7-22(18)30)21(29)14-25(24)38-16-26(34)31-20-10-8-17(2)9-11-20/h4-14H,3,15-16H2,1-2H3,(H,31,34)(H,32,36)/b23-12+. The van der Waals surface area contributed by atoms with Crippen LogP contribution in [0.2, 0.25) is 0 Å². The molecule has 3 aromatic carbocycles. The van der Waals surface area contributed by atoms with Crippen molar-refractivity contribution in [2.24, 2.45) is 0 Å². The quantitative estimate of drug-likeness (QED) is 0.260. The molecule has 10 heteroatoms. The van der Waals surface area contributed by atoms with Crippen LogP contribution >= 0.6 is 15.9 Å². The number of aryl methyl sites for hydroxylation is 1. The van der Waals surface area contributed by atoms with Gasteiger partial charge in [0.05, 0.1) is 13.2 Å². The van der Waals surface area contributed by atoms with E-state index in [0.717, 1.165) is 10.5 Å². The first-order valence-corrected chi connectivity index (χ1v) is 12.6. The van der Waals surface area contributed by atoms with E-state index in [-0.39, 0.29) is 30.3 Å². The number of urea groups is 1. The summed E-state index contributed by atoms with van der Waals surface area (Å²) in [4.78, 5) is 38.7. The Hall–Kier alpha value is -4.18. The highest BCUT2D eigenvalue weighted by Gasteiger charge is 2.34. The number of halogens is 2. The molecule has 0 radical (unpaired) electrons. The van der Waals surface area contributed by atoms with Gasteiger partial charge in [-0.2, -0.15) is 0 Å². The van der Waals surface area contributed by atoms with Gasteiger partial charge in [-0.3, -0.25) is 14.5 Å². The summed E-state index contributed by atoms with van der Waals surface area (Å²) in [6.07, 6.45) is 1.49. The Balaban J connectivity index is 1.49. The molecule has 0 aliphatic carbocycles. The van der Waals surface area contributed by atoms with Crippen LogP contribution in [-0.4, -0.2) is 36.0 Å². The SMILES string of the molecule is CCOc1cc(/C=C2/NC(=O)N(Cc3ccccc3F)C2=O)c(Br)cc1OCC(=O)Nc1ccc(C)cc1. The van der Waals surface area contributed by atoms with Crippen molar-refractivity contribution in [2.75, 3.05) is 18.5 Å². The van der Waals surface area contributed by atoms with Crippen LogP contribution in [0.25, 0.3) is 6.08 Å². The second kappa shape index (κ2) is 11.9. The molecule has 0 atom stereocenters. The molecule has 0 unspecified atom stereocenters. The van der Waals surface area contributed by atoms with Gasteiger partial charge in [0.2, 0.25) is 0 Å². The topological polar surface area (TPSA) is 97.0 Å². The van der Waals surface area contributed by atoms with Crippen LogP contribution in [0.15, 0.2) is 70.8 Å². The molecule has 1 saturated heterocycles. The van der Waals surface area contributed by atoms with Gasteiger partial charge in [-0.25, -0.2) is 9.18 Å². The van der Waals surface area contributed by atoms with E-state index in [1.165, 1.54) is 24.3 Å². The maximum Gasteiger partial charge on any atom is 0.329 e. The number of carbonyl (C=O) groups excluding carboxylic acids is 3. The fourth-order valence-corrected chi connectivity index (χ4v) is 4.12. The molecule has 0 bridgehead atoms. The first kappa shape index (κ1) is 26.9. The maximum absolute atomic E-state index is 14.0. The number of nitrogens with zero attached hydrogens (tertiary/aromatic N) is 1. The normalized spacial score (nSPS) is 14.0. The Kier molecular flexibility index (Phi) is 8.42. The number of rotatable bonds is 9. The predicted octanol–water partition coefficient (Wildman–Crippen LogP) is 5.41. The van der Waals surface area contributed by atoms with E-state index < -0.39 is 17.8 Å². The summed E-state index contributed by atoms with van der Waals surface area (Å²) in [6.45, 7) is 3.64. The molecule has 38 heavy (non-hydrogen) atoms. The minimum Gasteiger partial charge on any atom is -0.490 e. The highest BCUT2D eigenvalue weighted by molar-refractivity contribution is 9.10. The van der Waals surface area contributed by atoms with Crippen LogP contribution in [0.4, 0.5) is 14.9 Å². The van der Waals surface area contributed by atoms with Crippen LogP contribution in [0.1, 0.15) is 23.6 Å². The summed E-state index contributed by atoms with van der Waals surface area (Å²) >= 11 is 3.45. The molecule has 0 saturated carbocycles. The molecule has 1 aliphatic heterocycles. The largest absolute Gasteiger partial charge is 0.490 e. The summed E-state index contributed by atoms with van der Waals surface area (Å²) < 4.78 is 26.0. The van der Waals surface area contributed by atoms with Crippen molar-refractivity contribution in [2.45, 2.75) is 20.4 Å². The molecule has 1 aliphatic rings. The van der Waals surface area contributed by atoms with E-state index in [1.807, 2.05) is 19.1 Å². The van der Waals surface area contributed by atoms with Crippen LogP contribution in [0.3, 0.4) is 0 Å². The van der Waals surface area contributed by atoms with Gasteiger partial charge in [-0.05, 0) is 55.8 Å². The molecular weight excluding hydrogens is 557 g/mol. The Morgan fingerprint density at radius 1 is 1.08 bits per heavy atom. The third-order valence-corrected chi connectivity index (χ3v) is 6.29. The Bertz CT molecular complexity index is 1410. The van der Waals surface area contributed by atoms with Gasteiger partial charge < -0.3 is 20.1 Å². The minimum absolute atomic E-state index is 0.0284. The Morgan fingerprint density at radius 3 is 2.50 bits per heavy atom. The number of benzene rings is 3. The molecule has 2 N–H and O–H groups in total. The van der Waals surface area contributed by atoms with Gasteiger partial charge >= 0.3 is 6.03 Å². The Labute approximate surface area is 227 Å². The number of hydrogen-bond donors (Lipinski definition) is 2. The lowest BCUT2D eigenvalue weighted by molar-refractivity contribution is -0.123. The van der Waals surface area contributed by atoms with Crippen molar-refractivity contribution in [3.05, 3.63) is 93.3 Å². The molecule has 1 heterocycles. The lowest BCUT2D eigenvalue weighted by atomic mass is 10.1. The van der Waals surface area contributed by atoms with Gasteiger partial charge in [0.15, 0.2) is 18.1 Å². The number of imide groups is 1. The van der Waals surface area contributed by atoms with E-state index >= 15 is 0 Å². The molecule has 8 nitrogen and oxygen atoms in total. The molecule has 1 fully saturated rings. The molecule has 0 aromatic heterocycles. The van der Waals surface area contributed by atoms with E-state index in [1.54, 1.807) is 37.3 Å². The number of carbonyl (C=O) groups is 3. The first-order valence-electron chi connectivity index (χ1n) is 11.8. The van der Waals surface area contributed by atoms with Crippen molar-refractivity contribution in [3.63, 3.8) is 0 Å². The number of ether oxygens (including phenoxy) is 2. The van der Waals surface area contributed by atoms with E-state index in [9.17, 15) is 18.8 Å². The molecular formula is C28H25BrFN3O5. The van der Waals surface area contributed by atoms with Gasteiger partial charge in [0, 0.05) is 15.7 Å². The molecule has 196 valence electrons. The fraction of sp³-hybridized carbons (Fsp3) is 0.179. The van der Waals surface area contributed by atoms with Crippen LogP contribution in [-0.2, 0) is 16.1 Å². The molecule has 4 rings (SSSR count). The Morgan fingerprint density at radius 2 is 1.79 bits per heavy atom. The van der Waals surface area contributed by atoms with Crippen LogP contribution < -0.4 is 20.1 Å². The highest BCUT2D eigenvalue weighted by atomic mass is 79.9. The monoisotopic (exact) mass is 581 g/mol. The second-order valence-corrected chi connectivity index (χ2v) is 9.28. The van der Waals surface area contributed by atoms with Crippen molar-refractivity contribution < 1.29 is 28.2 Å². The molecule has 0 spiro atoms. The highest BCUT2D eigenvalue weighted by Crippen LogP contribution is 2.35. The summed E-state index contributed by atoms with van der Waals surface area (Å²) in [5.74, 6) is -0.754.